The Morgan fingerprint density at radius 3 is 2.50 bits per heavy atom. The zero-order valence-electron chi connectivity index (χ0n) is 6.97. The van der Waals surface area contributed by atoms with Gasteiger partial charge in [-0.3, -0.25) is 4.79 Å². The highest BCUT2D eigenvalue weighted by Crippen LogP contribution is 2.17. The maximum Gasteiger partial charge on any atom is 0.236 e. The number of benzene rings is 1. The number of hydrogen-bond acceptors (Lipinski definition) is 4. The Balaban J connectivity index is 3.10. The minimum atomic E-state index is -3.67. The van der Waals surface area contributed by atoms with Gasteiger partial charge in [0.05, 0.1) is 5.75 Å². The second-order valence-electron chi connectivity index (χ2n) is 2.73. The summed E-state index contributed by atoms with van der Waals surface area (Å²) in [5.41, 5.74) is 0.488. The van der Waals surface area contributed by atoms with Gasteiger partial charge in [0.1, 0.15) is 12.0 Å². The molecule has 1 N–H and O–H groups in total. The van der Waals surface area contributed by atoms with Crippen LogP contribution in [0, 0.1) is 0 Å². The van der Waals surface area contributed by atoms with Crippen molar-refractivity contribution in [2.24, 2.45) is 0 Å². The van der Waals surface area contributed by atoms with E-state index in [9.17, 15) is 13.2 Å². The second kappa shape index (κ2) is 3.98. The molecule has 0 aliphatic carbocycles. The van der Waals surface area contributed by atoms with E-state index in [0.717, 1.165) is 0 Å². The van der Waals surface area contributed by atoms with Crippen molar-refractivity contribution >= 4 is 26.0 Å². The number of aldehydes is 1. The predicted octanol–water partition coefficient (Wildman–Crippen LogP) is 1.27. The molecule has 0 amide bonds. The van der Waals surface area contributed by atoms with E-state index in [1.165, 1.54) is 18.2 Å². The van der Waals surface area contributed by atoms with Crippen molar-refractivity contribution in [1.29, 1.82) is 0 Å². The second-order valence-corrected chi connectivity index (χ2v) is 5.51. The summed E-state index contributed by atoms with van der Waals surface area (Å²) in [6, 6.07) is 3.83. The van der Waals surface area contributed by atoms with Crippen molar-refractivity contribution in [2.75, 3.05) is 0 Å². The van der Waals surface area contributed by atoms with Crippen molar-refractivity contribution in [2.45, 2.75) is 5.75 Å². The molecule has 0 fully saturated rings. The third kappa shape index (κ3) is 3.35. The fourth-order valence-electron chi connectivity index (χ4n) is 1.05. The lowest BCUT2D eigenvalue weighted by Crippen LogP contribution is -1.95. The van der Waals surface area contributed by atoms with Crippen LogP contribution in [0.15, 0.2) is 18.2 Å². The largest absolute Gasteiger partial charge is 0.508 e. The van der Waals surface area contributed by atoms with Crippen LogP contribution < -0.4 is 0 Å². The summed E-state index contributed by atoms with van der Waals surface area (Å²) in [5, 5.41) is 9.13. The van der Waals surface area contributed by atoms with Gasteiger partial charge in [0.25, 0.3) is 0 Å². The van der Waals surface area contributed by atoms with Gasteiger partial charge < -0.3 is 5.11 Å². The van der Waals surface area contributed by atoms with Gasteiger partial charge in [-0.05, 0) is 23.8 Å². The number of rotatable bonds is 3. The van der Waals surface area contributed by atoms with E-state index in [1.807, 2.05) is 0 Å². The molecule has 1 aromatic rings. The van der Waals surface area contributed by atoms with Crippen LogP contribution in [-0.2, 0) is 14.8 Å². The standard InChI is InChI=1S/C8H7ClO4S/c9-14(12,13)5-7-1-6(4-10)2-8(11)3-7/h1-4,11H,5H2. The van der Waals surface area contributed by atoms with Crippen LogP contribution in [0.4, 0.5) is 0 Å². The Morgan fingerprint density at radius 1 is 1.36 bits per heavy atom. The van der Waals surface area contributed by atoms with Gasteiger partial charge in [-0.25, -0.2) is 8.42 Å². The molecule has 6 heteroatoms. The number of phenolic OH excluding ortho intramolecular Hbond substituents is 1. The summed E-state index contributed by atoms with van der Waals surface area (Å²) >= 11 is 0. The first-order chi connectivity index (χ1) is 6.40. The summed E-state index contributed by atoms with van der Waals surface area (Å²) in [5.74, 6) is -0.575. The van der Waals surface area contributed by atoms with Crippen LogP contribution in [0.25, 0.3) is 0 Å². The van der Waals surface area contributed by atoms with E-state index in [0.29, 0.717) is 6.29 Å². The number of carbonyl (C=O) groups excluding carboxylic acids is 1. The van der Waals surface area contributed by atoms with Gasteiger partial charge in [-0.15, -0.1) is 0 Å². The zero-order valence-corrected chi connectivity index (χ0v) is 8.55. The van der Waals surface area contributed by atoms with Crippen molar-refractivity contribution in [1.82, 2.24) is 0 Å². The van der Waals surface area contributed by atoms with Crippen molar-refractivity contribution in [3.8, 4) is 5.75 Å². The minimum Gasteiger partial charge on any atom is -0.508 e. The van der Waals surface area contributed by atoms with Crippen LogP contribution >= 0.6 is 10.7 Å². The molecule has 0 radical (unpaired) electrons. The predicted molar refractivity (Wildman–Crippen MR) is 52.0 cm³/mol. The molecule has 0 spiro atoms. The number of halogens is 1. The molecule has 0 atom stereocenters. The molecule has 0 aliphatic heterocycles. The van der Waals surface area contributed by atoms with Gasteiger partial charge in [0.2, 0.25) is 9.05 Å². The first-order valence-corrected chi connectivity index (χ1v) is 6.09. The lowest BCUT2D eigenvalue weighted by molar-refractivity contribution is 0.112. The highest BCUT2D eigenvalue weighted by molar-refractivity contribution is 8.13. The minimum absolute atomic E-state index is 0.162. The Hall–Kier alpha value is -1.07. The van der Waals surface area contributed by atoms with Crippen LogP contribution in [0.2, 0.25) is 0 Å². The smallest absolute Gasteiger partial charge is 0.236 e. The first kappa shape index (κ1) is 11.0. The van der Waals surface area contributed by atoms with Crippen molar-refractivity contribution in [3.05, 3.63) is 29.3 Å². The van der Waals surface area contributed by atoms with Gasteiger partial charge >= 0.3 is 0 Å². The molecule has 0 aliphatic rings. The molecule has 76 valence electrons. The van der Waals surface area contributed by atoms with E-state index in [4.69, 9.17) is 15.8 Å². The summed E-state index contributed by atoms with van der Waals surface area (Å²) in [7, 11) is 1.34. The van der Waals surface area contributed by atoms with Crippen molar-refractivity contribution < 1.29 is 18.3 Å². The molecule has 0 heterocycles. The van der Waals surface area contributed by atoms with Crippen LogP contribution in [0.3, 0.4) is 0 Å². The quantitative estimate of drug-likeness (QED) is 0.632. The molecule has 1 aromatic carbocycles. The maximum atomic E-state index is 10.7. The Labute approximate surface area is 85.5 Å². The van der Waals surface area contributed by atoms with E-state index < -0.39 is 14.8 Å². The van der Waals surface area contributed by atoms with Crippen LogP contribution in [0.5, 0.6) is 5.75 Å². The highest BCUT2D eigenvalue weighted by Gasteiger charge is 2.08. The molecule has 4 nitrogen and oxygen atoms in total. The van der Waals surface area contributed by atoms with E-state index in [1.54, 1.807) is 0 Å². The summed E-state index contributed by atoms with van der Waals surface area (Å²) in [6.45, 7) is 0. The normalized spacial score (nSPS) is 11.2. The molecular formula is C8H7ClO4S. The third-order valence-electron chi connectivity index (χ3n) is 1.48. The third-order valence-corrected chi connectivity index (χ3v) is 2.48. The molecule has 0 saturated carbocycles. The molecular weight excluding hydrogens is 228 g/mol. The monoisotopic (exact) mass is 234 g/mol. The highest BCUT2D eigenvalue weighted by atomic mass is 35.7. The summed E-state index contributed by atoms with van der Waals surface area (Å²) in [6.07, 6.45) is 0.518. The fraction of sp³-hybridized carbons (Fsp3) is 0.125. The van der Waals surface area contributed by atoms with Gasteiger partial charge in [-0.2, -0.15) is 0 Å². The molecule has 0 bridgehead atoms. The first-order valence-electron chi connectivity index (χ1n) is 3.61. The topological polar surface area (TPSA) is 71.4 Å². The SMILES string of the molecule is O=Cc1cc(O)cc(CS(=O)(=O)Cl)c1. The van der Waals surface area contributed by atoms with Crippen molar-refractivity contribution in [3.63, 3.8) is 0 Å². The van der Waals surface area contributed by atoms with Gasteiger partial charge in [0, 0.05) is 16.2 Å². The average molecular weight is 235 g/mol. The fourth-order valence-corrected chi connectivity index (χ4v) is 1.99. The zero-order chi connectivity index (χ0) is 10.8. The molecule has 14 heavy (non-hydrogen) atoms. The number of hydrogen-bond donors (Lipinski definition) is 1. The van der Waals surface area contributed by atoms with E-state index >= 15 is 0 Å². The van der Waals surface area contributed by atoms with Gasteiger partial charge in [0.15, 0.2) is 0 Å². The maximum absolute atomic E-state index is 10.7. The molecule has 0 saturated heterocycles. The summed E-state index contributed by atoms with van der Waals surface area (Å²) in [4.78, 5) is 10.4. The van der Waals surface area contributed by atoms with Gasteiger partial charge in [-0.1, -0.05) is 0 Å². The van der Waals surface area contributed by atoms with Crippen LogP contribution in [0.1, 0.15) is 15.9 Å². The number of phenols is 1. The lowest BCUT2D eigenvalue weighted by Gasteiger charge is -2.00. The molecule has 0 aromatic heterocycles. The number of aromatic hydroxyl groups is 1. The Morgan fingerprint density at radius 2 is 2.00 bits per heavy atom. The van der Waals surface area contributed by atoms with Crippen LogP contribution in [-0.4, -0.2) is 19.8 Å². The van der Waals surface area contributed by atoms with E-state index in [2.05, 4.69) is 0 Å². The average Bonchev–Trinajstić information content (AvgIpc) is 1.99. The molecule has 1 rings (SSSR count). The molecule has 0 unspecified atom stereocenters. The Kier molecular flexibility index (Phi) is 3.13. The lowest BCUT2D eigenvalue weighted by atomic mass is 10.1. The number of carbonyl (C=O) groups is 1. The Bertz CT molecular complexity index is 452. The summed E-state index contributed by atoms with van der Waals surface area (Å²) < 4.78 is 21.4. The van der Waals surface area contributed by atoms with E-state index in [-0.39, 0.29) is 16.9 Å².